The van der Waals surface area contributed by atoms with Crippen molar-refractivity contribution in [2.75, 3.05) is 32.1 Å². The van der Waals surface area contributed by atoms with Crippen molar-refractivity contribution >= 4 is 33.3 Å². The number of rotatable bonds is 4. The van der Waals surface area contributed by atoms with Gasteiger partial charge in [-0.2, -0.15) is 0 Å². The molecule has 1 amide bonds. The van der Waals surface area contributed by atoms with Gasteiger partial charge < -0.3 is 16.0 Å². The van der Waals surface area contributed by atoms with Gasteiger partial charge in [0.05, 0.1) is 10.3 Å². The van der Waals surface area contributed by atoms with Crippen molar-refractivity contribution in [3.63, 3.8) is 0 Å². The molecule has 6 nitrogen and oxygen atoms in total. The quantitative estimate of drug-likeness (QED) is 0.880. The first-order chi connectivity index (χ1) is 9.45. The van der Waals surface area contributed by atoms with E-state index in [1.165, 1.54) is 11.3 Å². The molecule has 0 saturated heterocycles. The summed E-state index contributed by atoms with van der Waals surface area (Å²) in [5.41, 5.74) is 6.33. The van der Waals surface area contributed by atoms with Crippen molar-refractivity contribution in [3.05, 3.63) is 16.3 Å². The molecule has 2 heterocycles. The topological polar surface area (TPSA) is 84.1 Å². The van der Waals surface area contributed by atoms with E-state index >= 15 is 0 Å². The highest BCUT2D eigenvalue weighted by Gasteiger charge is 2.20. The lowest BCUT2D eigenvalue weighted by Gasteiger charge is -2.13. The summed E-state index contributed by atoms with van der Waals surface area (Å²) in [7, 11) is 3.87. The number of amides is 1. The molecule has 108 valence electrons. The molecule has 20 heavy (non-hydrogen) atoms. The molecule has 2 rings (SSSR count). The summed E-state index contributed by atoms with van der Waals surface area (Å²) >= 11 is 1.40. The molecule has 0 aliphatic carbocycles. The van der Waals surface area contributed by atoms with Crippen LogP contribution in [0, 0.1) is 13.8 Å². The number of hydrogen-bond donors (Lipinski definition) is 2. The number of nitrogens with one attached hydrogen (secondary N) is 1. The maximum absolute atomic E-state index is 12.1. The normalized spacial score (nSPS) is 10.8. The average Bonchev–Trinajstić information content (AvgIpc) is 2.72. The van der Waals surface area contributed by atoms with Crippen LogP contribution in [0.4, 0.5) is 5.82 Å². The Morgan fingerprint density at radius 3 is 2.65 bits per heavy atom. The Labute approximate surface area is 122 Å². The standard InChI is InChI=1S/C13H19N5OS/c1-7-9-11(18(3)4)16-8(2)17-13(9)20-10(7)12(19)15-6-5-14/h5-6,14H2,1-4H3,(H,15,19). The highest BCUT2D eigenvalue weighted by Crippen LogP contribution is 2.34. The number of aromatic nitrogens is 2. The van der Waals surface area contributed by atoms with Crippen LogP contribution in [-0.2, 0) is 0 Å². The molecule has 0 unspecified atom stereocenters. The van der Waals surface area contributed by atoms with E-state index in [9.17, 15) is 4.79 Å². The van der Waals surface area contributed by atoms with Gasteiger partial charge >= 0.3 is 0 Å². The van der Waals surface area contributed by atoms with E-state index in [1.807, 2.05) is 32.8 Å². The summed E-state index contributed by atoms with van der Waals surface area (Å²) in [5.74, 6) is 1.45. The SMILES string of the molecule is Cc1nc(N(C)C)c2c(C)c(C(=O)NCCN)sc2n1. The molecule has 2 aromatic rings. The fraction of sp³-hybridized carbons (Fsp3) is 0.462. The maximum Gasteiger partial charge on any atom is 0.261 e. The number of nitrogens with zero attached hydrogens (tertiary/aromatic N) is 3. The minimum Gasteiger partial charge on any atom is -0.362 e. The number of anilines is 1. The van der Waals surface area contributed by atoms with Crippen LogP contribution in [0.25, 0.3) is 10.2 Å². The average molecular weight is 293 g/mol. The monoisotopic (exact) mass is 293 g/mol. The molecular weight excluding hydrogens is 274 g/mol. The molecule has 0 radical (unpaired) electrons. The van der Waals surface area contributed by atoms with Crippen LogP contribution >= 0.6 is 11.3 Å². The lowest BCUT2D eigenvalue weighted by atomic mass is 10.2. The van der Waals surface area contributed by atoms with Crippen LogP contribution in [0.15, 0.2) is 0 Å². The number of hydrogen-bond acceptors (Lipinski definition) is 6. The van der Waals surface area contributed by atoms with Gasteiger partial charge in [-0.1, -0.05) is 0 Å². The first-order valence-corrected chi connectivity index (χ1v) is 7.20. The molecule has 3 N–H and O–H groups in total. The molecule has 0 aromatic carbocycles. The Balaban J connectivity index is 2.57. The molecular formula is C13H19N5OS. The molecule has 0 bridgehead atoms. The van der Waals surface area contributed by atoms with Crippen molar-refractivity contribution in [2.24, 2.45) is 5.73 Å². The summed E-state index contributed by atoms with van der Waals surface area (Å²) in [6.07, 6.45) is 0. The fourth-order valence-electron chi connectivity index (χ4n) is 2.03. The maximum atomic E-state index is 12.1. The van der Waals surface area contributed by atoms with Crippen molar-refractivity contribution in [2.45, 2.75) is 13.8 Å². The molecule has 2 aromatic heterocycles. The number of aryl methyl sites for hydroxylation is 2. The van der Waals surface area contributed by atoms with Gasteiger partial charge in [0.2, 0.25) is 0 Å². The lowest BCUT2D eigenvalue weighted by molar-refractivity contribution is 0.0958. The van der Waals surface area contributed by atoms with Crippen LogP contribution in [0.2, 0.25) is 0 Å². The highest BCUT2D eigenvalue weighted by molar-refractivity contribution is 7.20. The predicted molar refractivity (Wildman–Crippen MR) is 82.6 cm³/mol. The first-order valence-electron chi connectivity index (χ1n) is 6.39. The Morgan fingerprint density at radius 1 is 1.35 bits per heavy atom. The van der Waals surface area contributed by atoms with Crippen LogP contribution in [0.5, 0.6) is 0 Å². The van der Waals surface area contributed by atoms with E-state index in [0.717, 1.165) is 21.6 Å². The van der Waals surface area contributed by atoms with E-state index in [1.54, 1.807) is 0 Å². The van der Waals surface area contributed by atoms with Gasteiger partial charge in [0, 0.05) is 27.2 Å². The highest BCUT2D eigenvalue weighted by atomic mass is 32.1. The van der Waals surface area contributed by atoms with Gasteiger partial charge in [0.25, 0.3) is 5.91 Å². The first kappa shape index (κ1) is 14.7. The summed E-state index contributed by atoms with van der Waals surface area (Å²) in [6, 6.07) is 0. The number of carbonyl (C=O) groups excluding carboxylic acids is 1. The minimum atomic E-state index is -0.0988. The van der Waals surface area contributed by atoms with Gasteiger partial charge in [-0.15, -0.1) is 11.3 Å². The third-order valence-electron chi connectivity index (χ3n) is 2.94. The van der Waals surface area contributed by atoms with Crippen molar-refractivity contribution < 1.29 is 4.79 Å². The fourth-order valence-corrected chi connectivity index (χ4v) is 3.17. The van der Waals surface area contributed by atoms with Crippen molar-refractivity contribution in [3.8, 4) is 0 Å². The summed E-state index contributed by atoms with van der Waals surface area (Å²) in [4.78, 5) is 24.5. The van der Waals surface area contributed by atoms with E-state index in [-0.39, 0.29) is 5.91 Å². The number of carbonyl (C=O) groups is 1. The molecule has 0 fully saturated rings. The lowest BCUT2D eigenvalue weighted by Crippen LogP contribution is -2.28. The second-order valence-corrected chi connectivity index (χ2v) is 5.77. The molecule has 0 saturated carbocycles. The van der Waals surface area contributed by atoms with Crippen molar-refractivity contribution in [1.29, 1.82) is 0 Å². The van der Waals surface area contributed by atoms with Gasteiger partial charge in [-0.05, 0) is 19.4 Å². The molecule has 0 aliphatic heterocycles. The second kappa shape index (κ2) is 5.72. The smallest absolute Gasteiger partial charge is 0.261 e. The van der Waals surface area contributed by atoms with Crippen LogP contribution in [-0.4, -0.2) is 43.1 Å². The number of nitrogens with two attached hydrogens (primary N) is 1. The minimum absolute atomic E-state index is 0.0988. The summed E-state index contributed by atoms with van der Waals surface area (Å²) < 4.78 is 0. The second-order valence-electron chi connectivity index (χ2n) is 4.77. The molecule has 0 atom stereocenters. The Morgan fingerprint density at radius 2 is 2.05 bits per heavy atom. The summed E-state index contributed by atoms with van der Waals surface area (Å²) in [6.45, 7) is 4.69. The predicted octanol–water partition coefficient (Wildman–Crippen LogP) is 1.06. The zero-order chi connectivity index (χ0) is 14.9. The van der Waals surface area contributed by atoms with Crippen molar-refractivity contribution in [1.82, 2.24) is 15.3 Å². The van der Waals surface area contributed by atoms with E-state index < -0.39 is 0 Å². The zero-order valence-corrected chi connectivity index (χ0v) is 13.0. The Kier molecular flexibility index (Phi) is 4.20. The van der Waals surface area contributed by atoms with Crippen LogP contribution in [0.1, 0.15) is 21.1 Å². The zero-order valence-electron chi connectivity index (χ0n) is 12.1. The van der Waals surface area contributed by atoms with Gasteiger partial charge in [0.1, 0.15) is 16.5 Å². The van der Waals surface area contributed by atoms with Gasteiger partial charge in [-0.3, -0.25) is 4.79 Å². The van der Waals surface area contributed by atoms with Gasteiger partial charge in [-0.25, -0.2) is 9.97 Å². The third-order valence-corrected chi connectivity index (χ3v) is 4.13. The van der Waals surface area contributed by atoms with Crippen LogP contribution in [0.3, 0.4) is 0 Å². The largest absolute Gasteiger partial charge is 0.362 e. The van der Waals surface area contributed by atoms with Crippen LogP contribution < -0.4 is 16.0 Å². The number of fused-ring (bicyclic) bond motifs is 1. The molecule has 0 spiro atoms. The van der Waals surface area contributed by atoms with E-state index in [0.29, 0.717) is 23.8 Å². The van der Waals surface area contributed by atoms with Gasteiger partial charge in [0.15, 0.2) is 0 Å². The Hall–Kier alpha value is -1.73. The molecule has 0 aliphatic rings. The number of thiophene rings is 1. The van der Waals surface area contributed by atoms with E-state index in [2.05, 4.69) is 15.3 Å². The van der Waals surface area contributed by atoms with E-state index in [4.69, 9.17) is 5.73 Å². The molecule has 7 heteroatoms. The summed E-state index contributed by atoms with van der Waals surface area (Å²) in [5, 5.41) is 3.75. The third kappa shape index (κ3) is 2.59. The Bertz CT molecular complexity index is 650.